The van der Waals surface area contributed by atoms with Gasteiger partial charge in [0.1, 0.15) is 6.61 Å². The first-order valence-corrected chi connectivity index (χ1v) is 19.2. The van der Waals surface area contributed by atoms with E-state index in [9.17, 15) is 19.5 Å². The number of carbonyl (C=O) groups is 3. The van der Waals surface area contributed by atoms with Gasteiger partial charge in [-0.15, -0.1) is 0 Å². The SMILES string of the molecule is CC/C=C/C/C=C/C/C=C/CCCCCCCCC(=O)OCC(COCCC(C(=O)O)[N+](C)(C)C)OC(=O)CCC/C=C/CCCCCC. The lowest BCUT2D eigenvalue weighted by atomic mass is 10.1. The largest absolute Gasteiger partial charge is 0.477 e. The molecule has 0 fully saturated rings. The molecule has 2 atom stereocenters. The number of rotatable bonds is 33. The third-order valence-electron chi connectivity index (χ3n) is 8.21. The van der Waals surface area contributed by atoms with Gasteiger partial charge in [0.25, 0.3) is 0 Å². The number of allylic oxidation sites excluding steroid dienone is 8. The number of carbonyl (C=O) groups excluding carboxylic acids is 2. The molecular formula is C41H72NO7+. The van der Waals surface area contributed by atoms with E-state index in [2.05, 4.69) is 62.5 Å². The van der Waals surface area contributed by atoms with Crippen molar-refractivity contribution in [3.05, 3.63) is 48.6 Å². The number of carboxylic acids is 1. The molecule has 0 aliphatic heterocycles. The van der Waals surface area contributed by atoms with Gasteiger partial charge in [-0.05, 0) is 64.2 Å². The molecule has 282 valence electrons. The fourth-order valence-electron chi connectivity index (χ4n) is 5.22. The Morgan fingerprint density at radius 2 is 1.16 bits per heavy atom. The fraction of sp³-hybridized carbons (Fsp3) is 0.732. The summed E-state index contributed by atoms with van der Waals surface area (Å²) in [5.41, 5.74) is 0. The van der Waals surface area contributed by atoms with Crippen LogP contribution in [0.1, 0.15) is 142 Å². The molecule has 0 aromatic heterocycles. The van der Waals surface area contributed by atoms with E-state index in [4.69, 9.17) is 14.2 Å². The average Bonchev–Trinajstić information content (AvgIpc) is 3.05. The lowest BCUT2D eigenvalue weighted by Crippen LogP contribution is -2.50. The van der Waals surface area contributed by atoms with Crippen LogP contribution in [-0.4, -0.2) is 80.6 Å². The Morgan fingerprint density at radius 1 is 0.633 bits per heavy atom. The summed E-state index contributed by atoms with van der Waals surface area (Å²) < 4.78 is 17.1. The number of esters is 2. The minimum atomic E-state index is -0.884. The zero-order chi connectivity index (χ0) is 36.4. The number of nitrogens with zero attached hydrogens (tertiary/aromatic N) is 1. The van der Waals surface area contributed by atoms with E-state index in [0.29, 0.717) is 19.3 Å². The number of likely N-dealkylation sites (N-methyl/N-ethyl adjacent to an activating group) is 1. The number of carboxylic acid groups (broad SMARTS) is 1. The molecule has 8 nitrogen and oxygen atoms in total. The van der Waals surface area contributed by atoms with Crippen molar-refractivity contribution in [3.63, 3.8) is 0 Å². The van der Waals surface area contributed by atoms with Gasteiger partial charge in [0, 0.05) is 19.3 Å². The van der Waals surface area contributed by atoms with Crippen molar-refractivity contribution in [3.8, 4) is 0 Å². The molecule has 0 heterocycles. The van der Waals surface area contributed by atoms with Crippen molar-refractivity contribution in [2.75, 3.05) is 41.0 Å². The van der Waals surface area contributed by atoms with Gasteiger partial charge in [0.2, 0.25) is 0 Å². The van der Waals surface area contributed by atoms with Gasteiger partial charge in [0.05, 0.1) is 34.4 Å². The molecule has 0 aliphatic carbocycles. The Bertz CT molecular complexity index is 948. The maximum atomic E-state index is 12.6. The summed E-state index contributed by atoms with van der Waals surface area (Å²) in [4.78, 5) is 36.7. The summed E-state index contributed by atoms with van der Waals surface area (Å²) in [6, 6.07) is -0.620. The quantitative estimate of drug-likeness (QED) is 0.0317. The molecule has 0 amide bonds. The molecule has 0 rings (SSSR count). The Hall–Kier alpha value is -2.71. The first-order chi connectivity index (χ1) is 23.6. The molecule has 0 bridgehead atoms. The number of hydrogen-bond acceptors (Lipinski definition) is 6. The number of ether oxygens (including phenoxy) is 3. The maximum absolute atomic E-state index is 12.6. The predicted octanol–water partition coefficient (Wildman–Crippen LogP) is 9.68. The van der Waals surface area contributed by atoms with Gasteiger partial charge in [-0.25, -0.2) is 4.79 Å². The first-order valence-electron chi connectivity index (χ1n) is 19.2. The van der Waals surface area contributed by atoms with Crippen molar-refractivity contribution in [1.29, 1.82) is 0 Å². The first kappa shape index (κ1) is 46.3. The lowest BCUT2D eigenvalue weighted by molar-refractivity contribution is -0.887. The monoisotopic (exact) mass is 691 g/mol. The Kier molecular flexibility index (Phi) is 30.7. The number of unbranched alkanes of at least 4 members (excludes halogenated alkanes) is 11. The fourth-order valence-corrected chi connectivity index (χ4v) is 5.22. The minimum Gasteiger partial charge on any atom is -0.477 e. The second kappa shape index (κ2) is 32.5. The van der Waals surface area contributed by atoms with Crippen LogP contribution in [0.4, 0.5) is 0 Å². The molecule has 0 saturated heterocycles. The summed E-state index contributed by atoms with van der Waals surface area (Å²) in [5.74, 6) is -1.54. The van der Waals surface area contributed by atoms with E-state index < -0.39 is 18.1 Å². The van der Waals surface area contributed by atoms with E-state index in [1.54, 1.807) is 0 Å². The molecule has 0 saturated carbocycles. The second-order valence-corrected chi connectivity index (χ2v) is 13.8. The third kappa shape index (κ3) is 31.0. The highest BCUT2D eigenvalue weighted by Gasteiger charge is 2.31. The van der Waals surface area contributed by atoms with E-state index >= 15 is 0 Å². The summed E-state index contributed by atoms with van der Waals surface area (Å²) in [6.45, 7) is 4.52. The molecule has 0 radical (unpaired) electrons. The Balaban J connectivity index is 4.42. The molecule has 0 aromatic rings. The van der Waals surface area contributed by atoms with Gasteiger partial charge in [-0.3, -0.25) is 9.59 Å². The van der Waals surface area contributed by atoms with E-state index in [1.165, 1.54) is 38.5 Å². The van der Waals surface area contributed by atoms with Gasteiger partial charge >= 0.3 is 17.9 Å². The topological polar surface area (TPSA) is 99.1 Å². The normalized spacial score (nSPS) is 13.6. The van der Waals surface area contributed by atoms with Crippen LogP contribution in [0.5, 0.6) is 0 Å². The van der Waals surface area contributed by atoms with Crippen molar-refractivity contribution in [2.45, 2.75) is 154 Å². The highest BCUT2D eigenvalue weighted by atomic mass is 16.6. The van der Waals surface area contributed by atoms with Crippen LogP contribution in [-0.2, 0) is 28.6 Å². The van der Waals surface area contributed by atoms with Gasteiger partial charge in [0.15, 0.2) is 12.1 Å². The Labute approximate surface area is 299 Å². The lowest BCUT2D eigenvalue weighted by Gasteiger charge is -2.31. The van der Waals surface area contributed by atoms with E-state index in [1.807, 2.05) is 21.1 Å². The average molecular weight is 691 g/mol. The number of hydrogen-bond donors (Lipinski definition) is 1. The summed E-state index contributed by atoms with van der Waals surface area (Å²) >= 11 is 0. The van der Waals surface area contributed by atoms with Crippen LogP contribution in [0.15, 0.2) is 48.6 Å². The van der Waals surface area contributed by atoms with Crippen LogP contribution in [0.3, 0.4) is 0 Å². The van der Waals surface area contributed by atoms with Gasteiger partial charge in [-0.1, -0.05) is 107 Å². The standard InChI is InChI=1S/C41H71NO7/c1-6-8-10-12-14-16-17-18-19-20-21-22-24-25-27-29-31-39(43)48-36-37(35-47-34-33-38(41(45)46)42(3,4)5)49-40(44)32-30-28-26-23-15-13-11-9-7-2/h8,10,14,16,18-19,23,26,37-38H,6-7,9,11-13,15,17,20-22,24-25,27-36H2,1-5H3/p+1/b10-8+,16-14+,19-18+,26-23+. The van der Waals surface area contributed by atoms with Crippen LogP contribution < -0.4 is 0 Å². The minimum absolute atomic E-state index is 0.0443. The van der Waals surface area contributed by atoms with Crippen molar-refractivity contribution in [1.82, 2.24) is 0 Å². The highest BCUT2D eigenvalue weighted by molar-refractivity contribution is 5.72. The smallest absolute Gasteiger partial charge is 0.362 e. The van der Waals surface area contributed by atoms with Crippen molar-refractivity contribution < 1.29 is 38.2 Å². The van der Waals surface area contributed by atoms with E-state index in [0.717, 1.165) is 64.2 Å². The molecular weight excluding hydrogens is 618 g/mol. The van der Waals surface area contributed by atoms with Crippen LogP contribution in [0.25, 0.3) is 0 Å². The molecule has 2 unspecified atom stereocenters. The van der Waals surface area contributed by atoms with Gasteiger partial charge in [-0.2, -0.15) is 0 Å². The zero-order valence-electron chi connectivity index (χ0n) is 31.9. The second-order valence-electron chi connectivity index (χ2n) is 13.8. The molecule has 1 N–H and O–H groups in total. The maximum Gasteiger partial charge on any atom is 0.362 e. The number of quaternary nitrogens is 1. The summed E-state index contributed by atoms with van der Waals surface area (Å²) in [6.07, 6.45) is 35.9. The molecule has 8 heteroatoms. The molecule has 0 aromatic carbocycles. The zero-order valence-corrected chi connectivity index (χ0v) is 31.9. The highest BCUT2D eigenvalue weighted by Crippen LogP contribution is 2.12. The van der Waals surface area contributed by atoms with Crippen LogP contribution in [0.2, 0.25) is 0 Å². The predicted molar refractivity (Wildman–Crippen MR) is 201 cm³/mol. The number of aliphatic carboxylic acids is 1. The summed E-state index contributed by atoms with van der Waals surface area (Å²) in [7, 11) is 5.49. The van der Waals surface area contributed by atoms with Crippen molar-refractivity contribution >= 4 is 17.9 Å². The van der Waals surface area contributed by atoms with Crippen molar-refractivity contribution in [2.24, 2.45) is 0 Å². The van der Waals surface area contributed by atoms with E-state index in [-0.39, 0.29) is 42.7 Å². The Morgan fingerprint density at radius 3 is 1.78 bits per heavy atom. The molecule has 0 spiro atoms. The molecule has 49 heavy (non-hydrogen) atoms. The molecule has 0 aliphatic rings. The third-order valence-corrected chi connectivity index (χ3v) is 8.21. The van der Waals surface area contributed by atoms with Crippen LogP contribution >= 0.6 is 0 Å². The van der Waals surface area contributed by atoms with Gasteiger partial charge < -0.3 is 23.8 Å². The summed E-state index contributed by atoms with van der Waals surface area (Å²) in [5, 5.41) is 9.57. The van der Waals surface area contributed by atoms with Crippen LogP contribution in [0, 0.1) is 0 Å².